The lowest BCUT2D eigenvalue weighted by atomic mass is 10.1. The number of benzene rings is 2. The average molecular weight is 413 g/mol. The molecule has 0 bridgehead atoms. The average Bonchev–Trinajstić information content (AvgIpc) is 3.18. The van der Waals surface area contributed by atoms with E-state index in [4.69, 9.17) is 11.0 Å². The van der Waals surface area contributed by atoms with Gasteiger partial charge in [0, 0.05) is 10.4 Å². The summed E-state index contributed by atoms with van der Waals surface area (Å²) < 4.78 is 11.4. The third-order valence-corrected chi connectivity index (χ3v) is 6.06. The zero-order valence-electron chi connectivity index (χ0n) is 14.4. The zero-order chi connectivity index (χ0) is 20.3. The minimum atomic E-state index is -4.60. The van der Waals surface area contributed by atoms with Crippen molar-refractivity contribution >= 4 is 36.2 Å². The van der Waals surface area contributed by atoms with Crippen LogP contribution >= 0.6 is 18.9 Å². The molecule has 0 radical (unpaired) electrons. The van der Waals surface area contributed by atoms with Gasteiger partial charge in [0.1, 0.15) is 0 Å². The minimum absolute atomic E-state index is 0.145. The van der Waals surface area contributed by atoms with E-state index in [2.05, 4.69) is 5.32 Å². The summed E-state index contributed by atoms with van der Waals surface area (Å²) in [4.78, 5) is 32.0. The molecule has 7 nitrogen and oxygen atoms in total. The number of nitrogens with two attached hydrogens (primary N) is 1. The molecular weight excluding hydrogens is 397 g/mol. The number of nitrogens with one attached hydrogen (secondary N) is 1. The van der Waals surface area contributed by atoms with E-state index in [1.165, 1.54) is 24.3 Å². The molecule has 0 fully saturated rings. The first-order chi connectivity index (χ1) is 13.3. The van der Waals surface area contributed by atoms with Crippen LogP contribution in [0.15, 0.2) is 60.0 Å². The molecule has 0 saturated heterocycles. The van der Waals surface area contributed by atoms with Gasteiger partial charge in [-0.05, 0) is 46.8 Å². The van der Waals surface area contributed by atoms with Crippen LogP contribution in [0.25, 0.3) is 10.4 Å². The largest absolute Gasteiger partial charge is 0.397 e. The second-order valence-electron chi connectivity index (χ2n) is 5.98. The van der Waals surface area contributed by atoms with Crippen LogP contribution in [0.1, 0.15) is 21.6 Å². The maximum absolute atomic E-state index is 12.5. The van der Waals surface area contributed by atoms with Crippen molar-refractivity contribution in [3.63, 3.8) is 0 Å². The summed E-state index contributed by atoms with van der Waals surface area (Å²) in [5.41, 5.74) is 6.61. The number of hydrogen-bond donors (Lipinski definition) is 4. The van der Waals surface area contributed by atoms with E-state index >= 15 is 0 Å². The molecule has 0 spiro atoms. The van der Waals surface area contributed by atoms with Gasteiger partial charge in [0.2, 0.25) is 0 Å². The molecule has 9 heteroatoms. The van der Waals surface area contributed by atoms with Crippen LogP contribution in [-0.4, -0.2) is 15.7 Å². The molecule has 28 heavy (non-hydrogen) atoms. The van der Waals surface area contributed by atoms with Crippen molar-refractivity contribution in [2.45, 2.75) is 5.66 Å². The Kier molecular flexibility index (Phi) is 5.63. The first kappa shape index (κ1) is 19.8. The summed E-state index contributed by atoms with van der Waals surface area (Å²) in [6, 6.07) is 16.4. The maximum Gasteiger partial charge on any atom is 0.347 e. The molecular formula is C19H16N3O4PS. The molecule has 3 rings (SSSR count). The summed E-state index contributed by atoms with van der Waals surface area (Å²) >= 11 is 1.57. The molecule has 0 saturated carbocycles. The Hall–Kier alpha value is -2.95. The van der Waals surface area contributed by atoms with Crippen molar-refractivity contribution in [1.82, 2.24) is 0 Å². The lowest BCUT2D eigenvalue weighted by Gasteiger charge is -2.13. The number of nitriles is 1. The van der Waals surface area contributed by atoms with Crippen LogP contribution in [0, 0.1) is 11.3 Å². The minimum Gasteiger partial charge on any atom is -0.397 e. The van der Waals surface area contributed by atoms with Crippen LogP contribution in [0.3, 0.4) is 0 Å². The summed E-state index contributed by atoms with van der Waals surface area (Å²) in [5.74, 6) is -0.425. The third kappa shape index (κ3) is 4.30. The number of carbonyl (C=O) groups is 1. The van der Waals surface area contributed by atoms with Gasteiger partial charge in [0.05, 0.1) is 17.4 Å². The Bertz CT molecular complexity index is 1090. The van der Waals surface area contributed by atoms with Crippen LogP contribution in [0.5, 0.6) is 0 Å². The third-order valence-electron chi connectivity index (χ3n) is 4.05. The molecule has 0 aliphatic carbocycles. The molecule has 1 aromatic heterocycles. The SMILES string of the molecule is N#CC(c1ccc(C(=O)Nc2cc(-c3cccs3)ccc2N)cc1)P(=O)(O)O. The van der Waals surface area contributed by atoms with Gasteiger partial charge in [-0.2, -0.15) is 5.26 Å². The number of amides is 1. The fourth-order valence-corrected chi connectivity index (χ4v) is 4.05. The number of hydrogen-bond acceptors (Lipinski definition) is 5. The van der Waals surface area contributed by atoms with Gasteiger partial charge >= 0.3 is 7.60 Å². The van der Waals surface area contributed by atoms with E-state index in [0.717, 1.165) is 10.4 Å². The molecule has 2 aromatic carbocycles. The Balaban J connectivity index is 1.81. The van der Waals surface area contributed by atoms with E-state index < -0.39 is 19.2 Å². The lowest BCUT2D eigenvalue weighted by Crippen LogP contribution is -2.13. The Labute approximate surface area is 165 Å². The Morgan fingerprint density at radius 3 is 2.46 bits per heavy atom. The Morgan fingerprint density at radius 1 is 1.18 bits per heavy atom. The van der Waals surface area contributed by atoms with Gasteiger partial charge < -0.3 is 20.8 Å². The predicted molar refractivity (Wildman–Crippen MR) is 109 cm³/mol. The second-order valence-corrected chi connectivity index (χ2v) is 8.62. The van der Waals surface area contributed by atoms with Crippen molar-refractivity contribution in [3.8, 4) is 16.5 Å². The van der Waals surface area contributed by atoms with Gasteiger partial charge in [-0.1, -0.05) is 24.3 Å². The van der Waals surface area contributed by atoms with Gasteiger partial charge in [-0.3, -0.25) is 9.36 Å². The van der Waals surface area contributed by atoms with Gasteiger partial charge in [-0.15, -0.1) is 11.3 Å². The molecule has 0 aliphatic heterocycles. The Morgan fingerprint density at radius 2 is 1.89 bits per heavy atom. The van der Waals surface area contributed by atoms with Gasteiger partial charge in [-0.25, -0.2) is 0 Å². The van der Waals surface area contributed by atoms with Crippen LogP contribution in [-0.2, 0) is 4.57 Å². The fourth-order valence-electron chi connectivity index (χ4n) is 2.62. The number of carbonyl (C=O) groups excluding carboxylic acids is 1. The van der Waals surface area contributed by atoms with Crippen molar-refractivity contribution in [2.75, 3.05) is 11.1 Å². The van der Waals surface area contributed by atoms with Crippen LogP contribution < -0.4 is 11.1 Å². The molecule has 1 amide bonds. The molecule has 5 N–H and O–H groups in total. The van der Waals surface area contributed by atoms with Crippen molar-refractivity contribution in [1.29, 1.82) is 5.26 Å². The highest BCUT2D eigenvalue weighted by atomic mass is 32.1. The standard InChI is InChI=1S/C19H16N3O4PS/c20-11-17(27(24,25)26)12-3-5-13(6-4-12)19(23)22-16-10-14(7-8-15(16)21)18-2-1-9-28-18/h1-10,17H,21H2,(H,22,23)(H2,24,25,26). The number of anilines is 2. The molecule has 3 aromatic rings. The highest BCUT2D eigenvalue weighted by Gasteiger charge is 2.30. The zero-order valence-corrected chi connectivity index (χ0v) is 16.2. The number of thiophene rings is 1. The number of nitrogens with zero attached hydrogens (tertiary/aromatic N) is 1. The van der Waals surface area contributed by atoms with E-state index in [0.29, 0.717) is 11.4 Å². The highest BCUT2D eigenvalue weighted by molar-refractivity contribution is 7.52. The number of rotatable bonds is 5. The van der Waals surface area contributed by atoms with Crippen molar-refractivity contribution < 1.29 is 19.1 Å². The summed E-state index contributed by atoms with van der Waals surface area (Å²) in [5, 5.41) is 13.7. The molecule has 0 aliphatic rings. The van der Waals surface area contributed by atoms with Gasteiger partial charge in [0.25, 0.3) is 5.91 Å². The summed E-state index contributed by atoms with van der Waals surface area (Å²) in [6.07, 6.45) is 0. The topological polar surface area (TPSA) is 136 Å². The van der Waals surface area contributed by atoms with E-state index in [1.54, 1.807) is 29.5 Å². The monoisotopic (exact) mass is 413 g/mol. The maximum atomic E-state index is 12.5. The van der Waals surface area contributed by atoms with Crippen LogP contribution in [0.2, 0.25) is 0 Å². The first-order valence-electron chi connectivity index (χ1n) is 8.09. The number of nitrogen functional groups attached to an aromatic ring is 1. The lowest BCUT2D eigenvalue weighted by molar-refractivity contribution is 0.102. The molecule has 1 atom stereocenters. The van der Waals surface area contributed by atoms with E-state index in [-0.39, 0.29) is 11.1 Å². The van der Waals surface area contributed by atoms with Crippen LogP contribution in [0.4, 0.5) is 11.4 Å². The van der Waals surface area contributed by atoms with Gasteiger partial charge in [0.15, 0.2) is 5.66 Å². The summed E-state index contributed by atoms with van der Waals surface area (Å²) in [6.45, 7) is 0. The molecule has 1 heterocycles. The van der Waals surface area contributed by atoms with E-state index in [9.17, 15) is 19.1 Å². The molecule has 142 valence electrons. The smallest absolute Gasteiger partial charge is 0.347 e. The van der Waals surface area contributed by atoms with Crippen molar-refractivity contribution in [2.24, 2.45) is 0 Å². The second kappa shape index (κ2) is 7.97. The van der Waals surface area contributed by atoms with E-state index in [1.807, 2.05) is 23.6 Å². The highest BCUT2D eigenvalue weighted by Crippen LogP contribution is 2.51. The first-order valence-corrected chi connectivity index (χ1v) is 10.7. The summed E-state index contributed by atoms with van der Waals surface area (Å²) in [7, 11) is -4.60. The fraction of sp³-hybridized carbons (Fsp3) is 0.0526. The normalized spacial score (nSPS) is 12.2. The molecule has 1 unspecified atom stereocenters. The van der Waals surface area contributed by atoms with Crippen molar-refractivity contribution in [3.05, 3.63) is 71.1 Å². The predicted octanol–water partition coefficient (Wildman–Crippen LogP) is 3.99. The quantitative estimate of drug-likeness (QED) is 0.369.